The van der Waals surface area contributed by atoms with E-state index >= 15 is 0 Å². The molecule has 1 fully saturated rings. The molecule has 0 bridgehead atoms. The molecule has 1 aromatic carbocycles. The fraction of sp³-hybridized carbons (Fsp3) is 0.235. The van der Waals surface area contributed by atoms with Crippen molar-refractivity contribution < 1.29 is 4.79 Å². The second kappa shape index (κ2) is 6.95. The minimum Gasteiger partial charge on any atom is -0.345 e. The molecule has 1 amide bonds. The molecular formula is C17H14N4OS. The summed E-state index contributed by atoms with van der Waals surface area (Å²) in [7, 11) is 0. The summed E-state index contributed by atoms with van der Waals surface area (Å²) in [5.74, 6) is 5.38. The van der Waals surface area contributed by atoms with E-state index in [1.54, 1.807) is 46.7 Å². The maximum Gasteiger partial charge on any atom is 0.298 e. The monoisotopic (exact) mass is 322 g/mol. The fourth-order valence-corrected chi connectivity index (χ4v) is 3.00. The summed E-state index contributed by atoms with van der Waals surface area (Å²) in [5, 5.41) is 11.7. The number of carbonyl (C=O) groups is 1. The number of rotatable bonds is 1. The zero-order chi connectivity index (χ0) is 16.1. The molecule has 0 radical (unpaired) electrons. The van der Waals surface area contributed by atoms with Crippen LogP contribution < -0.4 is 4.90 Å². The van der Waals surface area contributed by atoms with Crippen molar-refractivity contribution in [2.75, 3.05) is 31.1 Å². The number of anilines is 1. The molecule has 1 saturated heterocycles. The summed E-state index contributed by atoms with van der Waals surface area (Å²) in [6, 6.07) is 8.94. The van der Waals surface area contributed by atoms with Crippen LogP contribution in [0.25, 0.3) is 0 Å². The van der Waals surface area contributed by atoms with Gasteiger partial charge in [0, 0.05) is 49.2 Å². The van der Waals surface area contributed by atoms with E-state index in [0.717, 1.165) is 23.8 Å². The summed E-state index contributed by atoms with van der Waals surface area (Å²) >= 11 is 1.61. The van der Waals surface area contributed by atoms with Gasteiger partial charge in [-0.05, 0) is 24.3 Å². The lowest BCUT2D eigenvalue weighted by molar-refractivity contribution is -0.125. The SMILES string of the molecule is N#Cc1ccc(C#CC(=O)N2CCN(c3nccs3)CC2)cc1. The van der Waals surface area contributed by atoms with Crippen molar-refractivity contribution in [1.29, 1.82) is 5.26 Å². The van der Waals surface area contributed by atoms with Crippen LogP contribution in [0.4, 0.5) is 5.13 Å². The Hall–Kier alpha value is -2.83. The Bertz CT molecular complexity index is 773. The maximum atomic E-state index is 12.2. The van der Waals surface area contributed by atoms with Crippen molar-refractivity contribution in [1.82, 2.24) is 9.88 Å². The summed E-state index contributed by atoms with van der Waals surface area (Å²) in [5.41, 5.74) is 1.32. The van der Waals surface area contributed by atoms with Gasteiger partial charge in [-0.2, -0.15) is 5.26 Å². The number of hydrogen-bond acceptors (Lipinski definition) is 5. The van der Waals surface area contributed by atoms with Crippen molar-refractivity contribution in [3.05, 3.63) is 47.0 Å². The molecule has 2 aromatic rings. The predicted octanol–water partition coefficient (Wildman–Crippen LogP) is 1.72. The number of hydrogen-bond donors (Lipinski definition) is 0. The van der Waals surface area contributed by atoms with Crippen LogP contribution in [-0.4, -0.2) is 42.0 Å². The zero-order valence-corrected chi connectivity index (χ0v) is 13.2. The van der Waals surface area contributed by atoms with Crippen LogP contribution >= 0.6 is 11.3 Å². The molecule has 1 aliphatic rings. The molecule has 1 aromatic heterocycles. The van der Waals surface area contributed by atoms with Crippen LogP contribution in [0.15, 0.2) is 35.8 Å². The van der Waals surface area contributed by atoms with Gasteiger partial charge in [0.05, 0.1) is 11.6 Å². The minimum absolute atomic E-state index is 0.159. The highest BCUT2D eigenvalue weighted by Crippen LogP contribution is 2.18. The summed E-state index contributed by atoms with van der Waals surface area (Å²) in [4.78, 5) is 20.4. The molecule has 0 unspecified atom stereocenters. The lowest BCUT2D eigenvalue weighted by atomic mass is 10.1. The van der Waals surface area contributed by atoms with E-state index in [4.69, 9.17) is 5.26 Å². The summed E-state index contributed by atoms with van der Waals surface area (Å²) in [6.45, 7) is 2.86. The van der Waals surface area contributed by atoms with Gasteiger partial charge >= 0.3 is 0 Å². The van der Waals surface area contributed by atoms with Crippen LogP contribution in [0.1, 0.15) is 11.1 Å². The third kappa shape index (κ3) is 3.68. The van der Waals surface area contributed by atoms with Crippen LogP contribution in [0, 0.1) is 23.2 Å². The summed E-state index contributed by atoms with van der Waals surface area (Å²) < 4.78 is 0. The summed E-state index contributed by atoms with van der Waals surface area (Å²) in [6.07, 6.45) is 1.79. The molecule has 0 saturated carbocycles. The first-order valence-corrected chi connectivity index (χ1v) is 8.10. The highest BCUT2D eigenvalue weighted by molar-refractivity contribution is 7.13. The zero-order valence-electron chi connectivity index (χ0n) is 12.4. The van der Waals surface area contributed by atoms with E-state index in [2.05, 4.69) is 27.8 Å². The van der Waals surface area contributed by atoms with Crippen LogP contribution in [0.3, 0.4) is 0 Å². The number of benzene rings is 1. The smallest absolute Gasteiger partial charge is 0.298 e. The third-order valence-electron chi connectivity index (χ3n) is 3.58. The standard InChI is InChI=1S/C17H14N4OS/c18-13-15-3-1-14(2-4-15)5-6-16(22)20-8-10-21(11-9-20)17-19-7-12-23-17/h1-4,7,12H,8-11H2. The van der Waals surface area contributed by atoms with E-state index in [9.17, 15) is 4.79 Å². The Kier molecular flexibility index (Phi) is 4.56. The number of thiazole rings is 1. The van der Waals surface area contributed by atoms with Gasteiger partial charge in [0.25, 0.3) is 5.91 Å². The Morgan fingerprint density at radius 2 is 1.83 bits per heavy atom. The molecular weight excluding hydrogens is 308 g/mol. The van der Waals surface area contributed by atoms with Crippen molar-refractivity contribution in [2.45, 2.75) is 0 Å². The molecule has 1 aliphatic heterocycles. The van der Waals surface area contributed by atoms with Crippen molar-refractivity contribution in [2.24, 2.45) is 0 Å². The van der Waals surface area contributed by atoms with E-state index in [1.165, 1.54) is 0 Å². The van der Waals surface area contributed by atoms with Crippen LogP contribution in [0.2, 0.25) is 0 Å². The van der Waals surface area contributed by atoms with Gasteiger partial charge in [-0.25, -0.2) is 4.98 Å². The van der Waals surface area contributed by atoms with Gasteiger partial charge in [0.2, 0.25) is 0 Å². The van der Waals surface area contributed by atoms with Crippen LogP contribution in [-0.2, 0) is 4.79 Å². The lowest BCUT2D eigenvalue weighted by Gasteiger charge is -2.33. The molecule has 3 rings (SSSR count). The number of nitrogens with zero attached hydrogens (tertiary/aromatic N) is 4. The minimum atomic E-state index is -0.159. The number of nitriles is 1. The Morgan fingerprint density at radius 3 is 2.43 bits per heavy atom. The number of amides is 1. The molecule has 2 heterocycles. The first-order valence-electron chi connectivity index (χ1n) is 7.22. The molecule has 0 atom stereocenters. The second-order valence-electron chi connectivity index (χ2n) is 5.03. The Morgan fingerprint density at radius 1 is 1.13 bits per heavy atom. The van der Waals surface area contributed by atoms with Crippen LogP contribution in [0.5, 0.6) is 0 Å². The maximum absolute atomic E-state index is 12.2. The van der Waals surface area contributed by atoms with Gasteiger partial charge in [0.1, 0.15) is 0 Å². The average Bonchev–Trinajstić information content (AvgIpc) is 3.15. The van der Waals surface area contributed by atoms with E-state index in [1.807, 2.05) is 5.38 Å². The molecule has 0 spiro atoms. The molecule has 0 N–H and O–H groups in total. The topological polar surface area (TPSA) is 60.2 Å². The van der Waals surface area contributed by atoms with E-state index < -0.39 is 0 Å². The quantitative estimate of drug-likeness (QED) is 0.750. The van der Waals surface area contributed by atoms with Gasteiger partial charge < -0.3 is 9.80 Å². The highest BCUT2D eigenvalue weighted by Gasteiger charge is 2.21. The third-order valence-corrected chi connectivity index (χ3v) is 4.42. The molecule has 5 nitrogen and oxygen atoms in total. The van der Waals surface area contributed by atoms with Gasteiger partial charge in [-0.1, -0.05) is 5.92 Å². The lowest BCUT2D eigenvalue weighted by Crippen LogP contribution is -2.48. The number of carbonyl (C=O) groups excluding carboxylic acids is 1. The normalized spacial score (nSPS) is 13.9. The van der Waals surface area contributed by atoms with Gasteiger partial charge in [-0.15, -0.1) is 11.3 Å². The predicted molar refractivity (Wildman–Crippen MR) is 88.9 cm³/mol. The second-order valence-corrected chi connectivity index (χ2v) is 5.91. The van der Waals surface area contributed by atoms with Gasteiger partial charge in [0.15, 0.2) is 5.13 Å². The fourth-order valence-electron chi connectivity index (χ4n) is 2.31. The van der Waals surface area contributed by atoms with E-state index in [-0.39, 0.29) is 5.91 Å². The molecule has 0 aliphatic carbocycles. The van der Waals surface area contributed by atoms with Gasteiger partial charge in [-0.3, -0.25) is 4.79 Å². The number of aromatic nitrogens is 1. The highest BCUT2D eigenvalue weighted by atomic mass is 32.1. The average molecular weight is 322 g/mol. The van der Waals surface area contributed by atoms with Crippen molar-refractivity contribution in [3.8, 4) is 17.9 Å². The first-order chi connectivity index (χ1) is 11.3. The van der Waals surface area contributed by atoms with Crippen molar-refractivity contribution >= 4 is 22.4 Å². The molecule has 6 heteroatoms. The molecule has 23 heavy (non-hydrogen) atoms. The Balaban J connectivity index is 1.57. The largest absolute Gasteiger partial charge is 0.345 e. The molecule has 114 valence electrons. The number of piperazine rings is 1. The first kappa shape index (κ1) is 15.1. The van der Waals surface area contributed by atoms with E-state index in [0.29, 0.717) is 18.7 Å². The Labute approximate surface area is 138 Å². The van der Waals surface area contributed by atoms with Crippen molar-refractivity contribution in [3.63, 3.8) is 0 Å².